The van der Waals surface area contributed by atoms with Gasteiger partial charge in [-0.2, -0.15) is 5.10 Å². The van der Waals surface area contributed by atoms with Gasteiger partial charge < -0.3 is 14.8 Å². The Morgan fingerprint density at radius 3 is 2.70 bits per heavy atom. The predicted octanol–water partition coefficient (Wildman–Crippen LogP) is 3.56. The van der Waals surface area contributed by atoms with Crippen molar-refractivity contribution in [1.29, 1.82) is 0 Å². The minimum Gasteiger partial charge on any atom is -0.390 e. The van der Waals surface area contributed by atoms with E-state index in [1.807, 2.05) is 86.8 Å². The fourth-order valence-electron chi connectivity index (χ4n) is 2.62. The number of aromatic nitrogens is 2. The standard InChI is InChI=1S/C21H32N6/c1-25(18-15-24-26(2)21-10-6-5-7-11-21)17-13-22-12-8-3-4-9-16-27-19-14-23-20-27/h5-7,10-11,13-15,17,19-20,22H,3-4,8-9,12,16,18H2,1-2H3/b17-13-,24-15+. The van der Waals surface area contributed by atoms with Crippen molar-refractivity contribution in [2.24, 2.45) is 5.10 Å². The number of nitrogens with one attached hydrogen (secondary N) is 1. The van der Waals surface area contributed by atoms with Crippen LogP contribution in [0.4, 0.5) is 5.69 Å². The second kappa shape index (κ2) is 12.6. The van der Waals surface area contributed by atoms with Gasteiger partial charge in [-0.15, -0.1) is 0 Å². The molecule has 27 heavy (non-hydrogen) atoms. The molecule has 0 saturated heterocycles. The van der Waals surface area contributed by atoms with E-state index in [0.717, 1.165) is 25.3 Å². The van der Waals surface area contributed by atoms with Gasteiger partial charge in [0.2, 0.25) is 0 Å². The number of benzene rings is 1. The first-order valence-electron chi connectivity index (χ1n) is 9.63. The van der Waals surface area contributed by atoms with Gasteiger partial charge in [0.05, 0.1) is 18.6 Å². The summed E-state index contributed by atoms with van der Waals surface area (Å²) in [5, 5.41) is 9.68. The molecule has 6 nitrogen and oxygen atoms in total. The van der Waals surface area contributed by atoms with Gasteiger partial charge in [0.15, 0.2) is 0 Å². The fourth-order valence-corrected chi connectivity index (χ4v) is 2.62. The Bertz CT molecular complexity index is 651. The van der Waals surface area contributed by atoms with Crippen LogP contribution >= 0.6 is 0 Å². The summed E-state index contributed by atoms with van der Waals surface area (Å²) in [6.45, 7) is 2.85. The molecule has 1 N–H and O–H groups in total. The third kappa shape index (κ3) is 8.94. The van der Waals surface area contributed by atoms with E-state index in [1.165, 1.54) is 25.7 Å². The molecule has 0 fully saturated rings. The van der Waals surface area contributed by atoms with E-state index < -0.39 is 0 Å². The van der Waals surface area contributed by atoms with Gasteiger partial charge in [0.25, 0.3) is 0 Å². The van der Waals surface area contributed by atoms with Crippen molar-refractivity contribution < 1.29 is 0 Å². The normalized spacial score (nSPS) is 11.3. The van der Waals surface area contributed by atoms with Crippen LogP contribution in [0, 0.1) is 0 Å². The maximum Gasteiger partial charge on any atom is 0.0945 e. The molecule has 0 amide bonds. The molecular weight excluding hydrogens is 336 g/mol. The summed E-state index contributed by atoms with van der Waals surface area (Å²) >= 11 is 0. The van der Waals surface area contributed by atoms with E-state index in [0.29, 0.717) is 0 Å². The molecule has 0 unspecified atom stereocenters. The van der Waals surface area contributed by atoms with Crippen LogP contribution in [0.15, 0.2) is 66.6 Å². The van der Waals surface area contributed by atoms with Crippen LogP contribution in [0.5, 0.6) is 0 Å². The van der Waals surface area contributed by atoms with Gasteiger partial charge in [-0.3, -0.25) is 5.01 Å². The molecule has 1 aromatic heterocycles. The topological polar surface area (TPSA) is 48.7 Å². The molecule has 0 aliphatic heterocycles. The zero-order valence-corrected chi connectivity index (χ0v) is 16.5. The number of unbranched alkanes of at least 4 members (excludes halogenated alkanes) is 3. The van der Waals surface area contributed by atoms with Gasteiger partial charge in [0.1, 0.15) is 0 Å². The van der Waals surface area contributed by atoms with Gasteiger partial charge in [-0.25, -0.2) is 4.98 Å². The molecule has 1 aromatic carbocycles. The highest BCUT2D eigenvalue weighted by molar-refractivity contribution is 5.62. The smallest absolute Gasteiger partial charge is 0.0945 e. The summed E-state index contributed by atoms with van der Waals surface area (Å²) in [6.07, 6.45) is 16.6. The van der Waals surface area contributed by atoms with Gasteiger partial charge in [0, 0.05) is 58.2 Å². The van der Waals surface area contributed by atoms with Crippen LogP contribution in [-0.2, 0) is 6.54 Å². The number of para-hydroxylation sites is 1. The molecule has 2 aromatic rings. The molecule has 1 heterocycles. The summed E-state index contributed by atoms with van der Waals surface area (Å²) in [5.41, 5.74) is 1.08. The van der Waals surface area contributed by atoms with Crippen molar-refractivity contribution in [2.75, 3.05) is 32.2 Å². The Kier molecular flexibility index (Phi) is 9.57. The maximum atomic E-state index is 4.45. The Labute approximate surface area is 163 Å². The minimum atomic E-state index is 0.767. The Morgan fingerprint density at radius 2 is 1.93 bits per heavy atom. The van der Waals surface area contributed by atoms with Gasteiger partial charge >= 0.3 is 0 Å². The predicted molar refractivity (Wildman–Crippen MR) is 114 cm³/mol. The molecule has 0 radical (unpaired) electrons. The van der Waals surface area contributed by atoms with Crippen molar-refractivity contribution >= 4 is 11.9 Å². The second-order valence-electron chi connectivity index (χ2n) is 6.58. The number of imidazole rings is 1. The number of hydrogen-bond donors (Lipinski definition) is 1. The van der Waals surface area contributed by atoms with E-state index in [1.54, 1.807) is 0 Å². The monoisotopic (exact) mass is 368 g/mol. The van der Waals surface area contributed by atoms with Crippen molar-refractivity contribution in [1.82, 2.24) is 19.8 Å². The average Bonchev–Trinajstić information content (AvgIpc) is 3.21. The SMILES string of the molecule is CN(/C=C\NCCCCCCn1ccnc1)C/C=N/N(C)c1ccccc1. The maximum absolute atomic E-state index is 4.45. The summed E-state index contributed by atoms with van der Waals surface area (Å²) in [6, 6.07) is 10.1. The molecule has 0 bridgehead atoms. The third-order valence-corrected chi connectivity index (χ3v) is 4.25. The summed E-state index contributed by atoms with van der Waals surface area (Å²) in [4.78, 5) is 6.15. The summed E-state index contributed by atoms with van der Waals surface area (Å²) < 4.78 is 2.14. The van der Waals surface area contributed by atoms with E-state index in [2.05, 4.69) is 24.9 Å². The Balaban J connectivity index is 1.47. The quantitative estimate of drug-likeness (QED) is 0.334. The highest BCUT2D eigenvalue weighted by Gasteiger charge is 1.95. The van der Waals surface area contributed by atoms with Crippen molar-refractivity contribution in [3.8, 4) is 0 Å². The lowest BCUT2D eigenvalue weighted by Crippen LogP contribution is -2.17. The molecule has 0 saturated carbocycles. The Morgan fingerprint density at radius 1 is 1.11 bits per heavy atom. The molecule has 146 valence electrons. The van der Waals surface area contributed by atoms with Gasteiger partial charge in [-0.05, 0) is 25.0 Å². The Hall–Kier alpha value is -2.76. The summed E-state index contributed by atoms with van der Waals surface area (Å²) in [7, 11) is 4.00. The number of anilines is 1. The minimum absolute atomic E-state index is 0.767. The average molecular weight is 369 g/mol. The van der Waals surface area contributed by atoms with Crippen molar-refractivity contribution in [2.45, 2.75) is 32.2 Å². The molecule has 0 aliphatic rings. The van der Waals surface area contributed by atoms with Crippen LogP contribution in [0.3, 0.4) is 0 Å². The number of hydrogen-bond acceptors (Lipinski definition) is 5. The van der Waals surface area contributed by atoms with Crippen LogP contribution in [0.1, 0.15) is 25.7 Å². The van der Waals surface area contributed by atoms with E-state index in [4.69, 9.17) is 0 Å². The first kappa shape index (κ1) is 20.6. The molecule has 0 aliphatic carbocycles. The first-order valence-corrected chi connectivity index (χ1v) is 9.63. The summed E-state index contributed by atoms with van der Waals surface area (Å²) in [5.74, 6) is 0. The second-order valence-corrected chi connectivity index (χ2v) is 6.58. The van der Waals surface area contributed by atoms with Crippen molar-refractivity contribution in [3.63, 3.8) is 0 Å². The lowest BCUT2D eigenvalue weighted by atomic mass is 10.2. The lowest BCUT2D eigenvalue weighted by Gasteiger charge is -2.14. The van der Waals surface area contributed by atoms with Crippen LogP contribution in [0.25, 0.3) is 0 Å². The van der Waals surface area contributed by atoms with E-state index in [-0.39, 0.29) is 0 Å². The third-order valence-electron chi connectivity index (χ3n) is 4.25. The highest BCUT2D eigenvalue weighted by atomic mass is 15.4. The molecule has 0 atom stereocenters. The number of hydrazone groups is 1. The number of aryl methyl sites for hydroxylation is 1. The zero-order chi connectivity index (χ0) is 19.2. The van der Waals surface area contributed by atoms with Crippen LogP contribution in [0.2, 0.25) is 0 Å². The fraction of sp³-hybridized carbons (Fsp3) is 0.429. The van der Waals surface area contributed by atoms with Gasteiger partial charge in [-0.1, -0.05) is 31.0 Å². The molecule has 6 heteroatoms. The molecular formula is C21H32N6. The molecule has 2 rings (SSSR count). The van der Waals surface area contributed by atoms with Crippen LogP contribution < -0.4 is 10.3 Å². The van der Waals surface area contributed by atoms with Crippen LogP contribution in [-0.4, -0.2) is 47.9 Å². The van der Waals surface area contributed by atoms with E-state index >= 15 is 0 Å². The largest absolute Gasteiger partial charge is 0.390 e. The lowest BCUT2D eigenvalue weighted by molar-refractivity contribution is 0.521. The first-order chi connectivity index (χ1) is 13.3. The van der Waals surface area contributed by atoms with Crippen molar-refractivity contribution in [3.05, 3.63) is 61.5 Å². The number of rotatable bonds is 13. The zero-order valence-electron chi connectivity index (χ0n) is 16.5. The molecule has 0 spiro atoms. The number of nitrogens with zero attached hydrogens (tertiary/aromatic N) is 5. The highest BCUT2D eigenvalue weighted by Crippen LogP contribution is 2.10. The van der Waals surface area contributed by atoms with E-state index in [9.17, 15) is 0 Å².